The van der Waals surface area contributed by atoms with Crippen LogP contribution < -0.4 is 0 Å². The van der Waals surface area contributed by atoms with E-state index < -0.39 is 0 Å². The number of hydrogen-bond donors (Lipinski definition) is 0. The van der Waals surface area contributed by atoms with Crippen LogP contribution in [-0.4, -0.2) is 12.6 Å². The molecule has 0 aliphatic rings. The van der Waals surface area contributed by atoms with Gasteiger partial charge in [0, 0.05) is 6.42 Å². The summed E-state index contributed by atoms with van der Waals surface area (Å²) in [6.07, 6.45) is 10.6. The average molecular weight is 198 g/mol. The molecule has 0 aliphatic heterocycles. The van der Waals surface area contributed by atoms with Gasteiger partial charge in [0.2, 0.25) is 0 Å². The molecule has 0 aromatic heterocycles. The highest BCUT2D eigenvalue weighted by molar-refractivity contribution is 5.69. The molecular formula is C12H22O2. The van der Waals surface area contributed by atoms with Crippen molar-refractivity contribution in [3.05, 3.63) is 12.2 Å². The van der Waals surface area contributed by atoms with Crippen molar-refractivity contribution in [1.29, 1.82) is 0 Å². The molecule has 0 fully saturated rings. The quantitative estimate of drug-likeness (QED) is 0.339. The second-order valence-electron chi connectivity index (χ2n) is 3.33. The van der Waals surface area contributed by atoms with Gasteiger partial charge >= 0.3 is 5.97 Å². The highest BCUT2D eigenvalue weighted by Gasteiger charge is 1.99. The van der Waals surface area contributed by atoms with E-state index in [2.05, 4.69) is 12.2 Å². The minimum Gasteiger partial charge on any atom is -0.466 e. The van der Waals surface area contributed by atoms with Crippen LogP contribution in [0.5, 0.6) is 0 Å². The molecule has 0 aliphatic carbocycles. The van der Waals surface area contributed by atoms with Gasteiger partial charge in [-0.2, -0.15) is 0 Å². The molecule has 0 heterocycles. The summed E-state index contributed by atoms with van der Waals surface area (Å²) in [5.74, 6) is -0.0547. The van der Waals surface area contributed by atoms with E-state index in [1.807, 2.05) is 13.8 Å². The number of carbonyl (C=O) groups excluding carboxylic acids is 1. The van der Waals surface area contributed by atoms with Crippen molar-refractivity contribution in [2.75, 3.05) is 6.61 Å². The molecule has 0 N–H and O–H groups in total. The Labute approximate surface area is 87.3 Å². The van der Waals surface area contributed by atoms with Crippen LogP contribution in [0.2, 0.25) is 0 Å². The number of ether oxygens (including phenoxy) is 1. The van der Waals surface area contributed by atoms with Gasteiger partial charge in [-0.05, 0) is 33.1 Å². The molecule has 2 heteroatoms. The van der Waals surface area contributed by atoms with Crippen molar-refractivity contribution in [2.45, 2.75) is 52.4 Å². The van der Waals surface area contributed by atoms with Gasteiger partial charge in [-0.15, -0.1) is 0 Å². The van der Waals surface area contributed by atoms with Crippen molar-refractivity contribution in [1.82, 2.24) is 0 Å². The van der Waals surface area contributed by atoms with Gasteiger partial charge in [0.05, 0.1) is 6.61 Å². The summed E-state index contributed by atoms with van der Waals surface area (Å²) in [7, 11) is 0. The number of carbonyl (C=O) groups is 1. The fraction of sp³-hybridized carbons (Fsp3) is 0.750. The molecule has 0 radical (unpaired) electrons. The van der Waals surface area contributed by atoms with Gasteiger partial charge in [0.25, 0.3) is 0 Å². The zero-order valence-electron chi connectivity index (χ0n) is 9.42. The lowest BCUT2D eigenvalue weighted by molar-refractivity contribution is -0.143. The Kier molecular flexibility index (Phi) is 9.71. The van der Waals surface area contributed by atoms with Gasteiger partial charge in [0.15, 0.2) is 0 Å². The standard InChI is InChI=1S/C12H22O2/c1-3-5-6-7-8-9-10-11-12(13)14-4-2/h3,5H,4,6-11H2,1-2H3/b5-3+. The first-order chi connectivity index (χ1) is 6.81. The zero-order valence-corrected chi connectivity index (χ0v) is 9.42. The van der Waals surface area contributed by atoms with Gasteiger partial charge in [-0.25, -0.2) is 0 Å². The molecule has 0 spiro atoms. The van der Waals surface area contributed by atoms with E-state index in [1.54, 1.807) is 0 Å². The van der Waals surface area contributed by atoms with E-state index >= 15 is 0 Å². The summed E-state index contributed by atoms with van der Waals surface area (Å²) in [5, 5.41) is 0. The maximum absolute atomic E-state index is 10.9. The maximum atomic E-state index is 10.9. The summed E-state index contributed by atoms with van der Waals surface area (Å²) in [4.78, 5) is 10.9. The molecule has 0 unspecified atom stereocenters. The minimum absolute atomic E-state index is 0.0547. The average Bonchev–Trinajstić information content (AvgIpc) is 2.17. The molecular weight excluding hydrogens is 176 g/mol. The number of allylic oxidation sites excluding steroid dienone is 2. The zero-order chi connectivity index (χ0) is 10.6. The Balaban J connectivity index is 3.09. The summed E-state index contributed by atoms with van der Waals surface area (Å²) in [6, 6.07) is 0. The van der Waals surface area contributed by atoms with Crippen molar-refractivity contribution in [3.8, 4) is 0 Å². The summed E-state index contributed by atoms with van der Waals surface area (Å²) < 4.78 is 4.84. The number of hydrogen-bond acceptors (Lipinski definition) is 2. The normalized spacial score (nSPS) is 10.7. The van der Waals surface area contributed by atoms with Crippen molar-refractivity contribution < 1.29 is 9.53 Å². The van der Waals surface area contributed by atoms with E-state index in [9.17, 15) is 4.79 Å². The Morgan fingerprint density at radius 1 is 1.21 bits per heavy atom. The van der Waals surface area contributed by atoms with E-state index in [0.29, 0.717) is 13.0 Å². The first-order valence-corrected chi connectivity index (χ1v) is 5.58. The van der Waals surface area contributed by atoms with Crippen LogP contribution in [0.25, 0.3) is 0 Å². The van der Waals surface area contributed by atoms with Gasteiger partial charge in [-0.1, -0.05) is 25.0 Å². The molecule has 0 saturated heterocycles. The fourth-order valence-corrected chi connectivity index (χ4v) is 1.28. The van der Waals surface area contributed by atoms with Gasteiger partial charge in [-0.3, -0.25) is 4.79 Å². The van der Waals surface area contributed by atoms with Crippen LogP contribution in [0.15, 0.2) is 12.2 Å². The molecule has 82 valence electrons. The third-order valence-corrected chi connectivity index (χ3v) is 2.04. The number of rotatable bonds is 8. The van der Waals surface area contributed by atoms with Crippen LogP contribution in [0.3, 0.4) is 0 Å². The second-order valence-corrected chi connectivity index (χ2v) is 3.33. The van der Waals surface area contributed by atoms with Crippen molar-refractivity contribution in [3.63, 3.8) is 0 Å². The largest absolute Gasteiger partial charge is 0.466 e. The Bertz CT molecular complexity index is 162. The van der Waals surface area contributed by atoms with E-state index in [-0.39, 0.29) is 5.97 Å². The molecule has 0 rings (SSSR count). The minimum atomic E-state index is -0.0547. The van der Waals surface area contributed by atoms with E-state index in [4.69, 9.17) is 4.74 Å². The first kappa shape index (κ1) is 13.2. The van der Waals surface area contributed by atoms with Crippen LogP contribution >= 0.6 is 0 Å². The van der Waals surface area contributed by atoms with Crippen LogP contribution in [0.4, 0.5) is 0 Å². The number of unbranched alkanes of at least 4 members (excludes halogenated alkanes) is 4. The molecule has 0 bridgehead atoms. The molecule has 0 aromatic rings. The molecule has 0 aromatic carbocycles. The Morgan fingerprint density at radius 2 is 1.93 bits per heavy atom. The second kappa shape index (κ2) is 10.3. The summed E-state index contributed by atoms with van der Waals surface area (Å²) in [6.45, 7) is 4.38. The van der Waals surface area contributed by atoms with Gasteiger partial charge in [0.1, 0.15) is 0 Å². The third kappa shape index (κ3) is 9.30. The number of esters is 1. The molecule has 0 amide bonds. The molecule has 14 heavy (non-hydrogen) atoms. The lowest BCUT2D eigenvalue weighted by Gasteiger charge is -2.01. The Morgan fingerprint density at radius 3 is 2.57 bits per heavy atom. The summed E-state index contributed by atoms with van der Waals surface area (Å²) >= 11 is 0. The topological polar surface area (TPSA) is 26.3 Å². The van der Waals surface area contributed by atoms with Crippen LogP contribution in [0.1, 0.15) is 52.4 Å². The lowest BCUT2D eigenvalue weighted by Crippen LogP contribution is -2.02. The van der Waals surface area contributed by atoms with Crippen LogP contribution in [-0.2, 0) is 9.53 Å². The van der Waals surface area contributed by atoms with E-state index in [0.717, 1.165) is 19.3 Å². The highest BCUT2D eigenvalue weighted by Crippen LogP contribution is 2.06. The molecule has 0 saturated carbocycles. The predicted molar refractivity (Wildman–Crippen MR) is 59.1 cm³/mol. The monoisotopic (exact) mass is 198 g/mol. The van der Waals surface area contributed by atoms with Crippen molar-refractivity contribution in [2.24, 2.45) is 0 Å². The van der Waals surface area contributed by atoms with Crippen molar-refractivity contribution >= 4 is 5.97 Å². The first-order valence-electron chi connectivity index (χ1n) is 5.58. The van der Waals surface area contributed by atoms with E-state index in [1.165, 1.54) is 12.8 Å². The smallest absolute Gasteiger partial charge is 0.305 e. The highest BCUT2D eigenvalue weighted by atomic mass is 16.5. The van der Waals surface area contributed by atoms with Crippen LogP contribution in [0, 0.1) is 0 Å². The molecule has 2 nitrogen and oxygen atoms in total. The fourth-order valence-electron chi connectivity index (χ4n) is 1.28. The SMILES string of the molecule is C/C=C/CCCCCCC(=O)OCC. The molecule has 0 atom stereocenters. The predicted octanol–water partition coefficient (Wildman–Crippen LogP) is 3.47. The lowest BCUT2D eigenvalue weighted by atomic mass is 10.1. The van der Waals surface area contributed by atoms with Gasteiger partial charge < -0.3 is 4.74 Å². The summed E-state index contributed by atoms with van der Waals surface area (Å²) in [5.41, 5.74) is 0. The third-order valence-electron chi connectivity index (χ3n) is 2.04. The Hall–Kier alpha value is -0.790. The maximum Gasteiger partial charge on any atom is 0.305 e.